The van der Waals surface area contributed by atoms with E-state index in [0.29, 0.717) is 0 Å². The van der Waals surface area contributed by atoms with Crippen LogP contribution < -0.4 is 0 Å². The van der Waals surface area contributed by atoms with Crippen LogP contribution in [0.2, 0.25) is 0 Å². The fraction of sp³-hybridized carbons (Fsp3) is 0.200. The van der Waals surface area contributed by atoms with E-state index in [-0.39, 0.29) is 28.8 Å². The van der Waals surface area contributed by atoms with Gasteiger partial charge < -0.3 is 9.47 Å². The number of hydrogen-bond acceptors (Lipinski definition) is 2. The zero-order chi connectivity index (χ0) is 16.3. The van der Waals surface area contributed by atoms with Crippen LogP contribution in [0.5, 0.6) is 0 Å². The SMILES string of the molecule is C#CCN(Cc1c(F)cc(Br)cc1F)C(=O)c1cncn1C. The van der Waals surface area contributed by atoms with Crippen LogP contribution in [-0.2, 0) is 13.6 Å². The molecule has 1 amide bonds. The first-order chi connectivity index (χ1) is 10.4. The van der Waals surface area contributed by atoms with E-state index in [2.05, 4.69) is 26.8 Å². The van der Waals surface area contributed by atoms with Crippen molar-refractivity contribution >= 4 is 21.8 Å². The van der Waals surface area contributed by atoms with Gasteiger partial charge in [0.15, 0.2) is 0 Å². The molecule has 0 radical (unpaired) electrons. The van der Waals surface area contributed by atoms with E-state index in [4.69, 9.17) is 6.42 Å². The Bertz CT molecular complexity index is 728. The van der Waals surface area contributed by atoms with Gasteiger partial charge in [0.1, 0.15) is 17.3 Å². The first-order valence-corrected chi connectivity index (χ1v) is 7.05. The molecule has 22 heavy (non-hydrogen) atoms. The molecule has 0 saturated heterocycles. The Morgan fingerprint density at radius 3 is 2.59 bits per heavy atom. The van der Waals surface area contributed by atoms with Crippen molar-refractivity contribution in [3.63, 3.8) is 0 Å². The number of carbonyl (C=O) groups is 1. The van der Waals surface area contributed by atoms with Gasteiger partial charge in [-0.3, -0.25) is 4.79 Å². The van der Waals surface area contributed by atoms with Gasteiger partial charge in [0.25, 0.3) is 5.91 Å². The number of amides is 1. The molecule has 1 aromatic heterocycles. The second-order valence-corrected chi connectivity index (χ2v) is 5.52. The fourth-order valence-electron chi connectivity index (χ4n) is 1.95. The van der Waals surface area contributed by atoms with E-state index in [0.717, 1.165) is 12.1 Å². The lowest BCUT2D eigenvalue weighted by Gasteiger charge is -2.21. The molecule has 0 atom stereocenters. The quantitative estimate of drug-likeness (QED) is 0.779. The van der Waals surface area contributed by atoms with Crippen molar-refractivity contribution in [1.29, 1.82) is 0 Å². The Balaban J connectivity index is 2.33. The summed E-state index contributed by atoms with van der Waals surface area (Å²) in [5, 5.41) is 0. The number of aromatic nitrogens is 2. The van der Waals surface area contributed by atoms with Crippen LogP contribution in [0.1, 0.15) is 16.1 Å². The van der Waals surface area contributed by atoms with Crippen molar-refractivity contribution < 1.29 is 13.6 Å². The van der Waals surface area contributed by atoms with Crippen molar-refractivity contribution in [3.05, 3.63) is 52.0 Å². The molecule has 0 aliphatic carbocycles. The van der Waals surface area contributed by atoms with Gasteiger partial charge in [-0.2, -0.15) is 0 Å². The molecule has 0 unspecified atom stereocenters. The monoisotopic (exact) mass is 367 g/mol. The van der Waals surface area contributed by atoms with Gasteiger partial charge in [0, 0.05) is 17.1 Å². The van der Waals surface area contributed by atoms with Crippen LogP contribution in [0, 0.1) is 24.0 Å². The van der Waals surface area contributed by atoms with E-state index in [1.165, 1.54) is 22.0 Å². The van der Waals surface area contributed by atoms with Gasteiger partial charge in [-0.05, 0) is 12.1 Å². The highest BCUT2D eigenvalue weighted by Gasteiger charge is 2.21. The maximum Gasteiger partial charge on any atom is 0.273 e. The number of benzene rings is 1. The minimum Gasteiger partial charge on any atom is -0.330 e. The van der Waals surface area contributed by atoms with Crippen molar-refractivity contribution in [2.24, 2.45) is 7.05 Å². The molecule has 114 valence electrons. The average Bonchev–Trinajstić information content (AvgIpc) is 2.87. The number of carbonyl (C=O) groups excluding carboxylic acids is 1. The van der Waals surface area contributed by atoms with Crippen LogP contribution in [0.4, 0.5) is 8.78 Å². The first-order valence-electron chi connectivity index (χ1n) is 6.26. The van der Waals surface area contributed by atoms with Crippen molar-refractivity contribution in [1.82, 2.24) is 14.5 Å². The minimum atomic E-state index is -0.744. The van der Waals surface area contributed by atoms with Crippen LogP contribution >= 0.6 is 15.9 Å². The summed E-state index contributed by atoms with van der Waals surface area (Å²) in [5.74, 6) is 0.390. The Kier molecular flexibility index (Phi) is 4.93. The topological polar surface area (TPSA) is 38.1 Å². The highest BCUT2D eigenvalue weighted by atomic mass is 79.9. The molecule has 7 heteroatoms. The smallest absolute Gasteiger partial charge is 0.273 e. The normalized spacial score (nSPS) is 10.3. The van der Waals surface area contributed by atoms with Gasteiger partial charge in [0.05, 0.1) is 25.6 Å². The zero-order valence-corrected chi connectivity index (χ0v) is 13.3. The third-order valence-corrected chi connectivity index (χ3v) is 3.52. The molecule has 2 rings (SSSR count). The number of imidazole rings is 1. The van der Waals surface area contributed by atoms with Gasteiger partial charge in [-0.25, -0.2) is 13.8 Å². The number of rotatable bonds is 4. The van der Waals surface area contributed by atoms with Gasteiger partial charge in [-0.15, -0.1) is 6.42 Å². The summed E-state index contributed by atoms with van der Waals surface area (Å²) in [6.45, 7) is -0.335. The lowest BCUT2D eigenvalue weighted by molar-refractivity contribution is 0.0753. The maximum absolute atomic E-state index is 13.9. The molecular weight excluding hydrogens is 356 g/mol. The van der Waals surface area contributed by atoms with E-state index in [1.54, 1.807) is 7.05 Å². The summed E-state index contributed by atoms with van der Waals surface area (Å²) in [6.07, 6.45) is 8.09. The van der Waals surface area contributed by atoms with Gasteiger partial charge in [0.2, 0.25) is 0 Å². The lowest BCUT2D eigenvalue weighted by Crippen LogP contribution is -2.32. The Labute approximate surface area is 134 Å². The second kappa shape index (κ2) is 6.71. The molecular formula is C15H12BrF2N3O. The molecule has 1 heterocycles. The summed E-state index contributed by atoms with van der Waals surface area (Å²) >= 11 is 3.01. The number of nitrogens with zero attached hydrogens (tertiary/aromatic N) is 3. The van der Waals surface area contributed by atoms with Crippen molar-refractivity contribution in [2.45, 2.75) is 6.54 Å². The molecule has 0 spiro atoms. The Morgan fingerprint density at radius 2 is 2.09 bits per heavy atom. The number of aryl methyl sites for hydroxylation is 1. The van der Waals surface area contributed by atoms with Crippen LogP contribution in [0.3, 0.4) is 0 Å². The largest absolute Gasteiger partial charge is 0.330 e. The van der Waals surface area contributed by atoms with Crippen molar-refractivity contribution in [3.8, 4) is 12.3 Å². The number of terminal acetylenes is 1. The summed E-state index contributed by atoms with van der Waals surface area (Å²) in [7, 11) is 1.65. The maximum atomic E-state index is 13.9. The van der Waals surface area contributed by atoms with Crippen LogP contribution in [0.25, 0.3) is 0 Å². The second-order valence-electron chi connectivity index (χ2n) is 4.60. The summed E-state index contributed by atoms with van der Waals surface area (Å²) in [4.78, 5) is 17.5. The summed E-state index contributed by atoms with van der Waals surface area (Å²) in [5.41, 5.74) is 0.0714. The molecule has 0 aliphatic rings. The van der Waals surface area contributed by atoms with E-state index in [9.17, 15) is 13.6 Å². The Morgan fingerprint density at radius 1 is 1.45 bits per heavy atom. The molecule has 0 aliphatic heterocycles. The Hall–Kier alpha value is -2.20. The summed E-state index contributed by atoms with van der Waals surface area (Å²) in [6, 6.07) is 2.28. The molecule has 1 aromatic carbocycles. The standard InChI is InChI=1S/C15H12BrF2N3O/c1-3-4-21(15(22)14-7-19-9-20(14)2)8-11-12(17)5-10(16)6-13(11)18/h1,5-7,9H,4,8H2,2H3. The third-order valence-electron chi connectivity index (χ3n) is 3.06. The predicted molar refractivity (Wildman–Crippen MR) is 80.8 cm³/mol. The zero-order valence-electron chi connectivity index (χ0n) is 11.7. The van der Waals surface area contributed by atoms with E-state index < -0.39 is 17.5 Å². The van der Waals surface area contributed by atoms with Gasteiger partial charge in [-0.1, -0.05) is 21.9 Å². The van der Waals surface area contributed by atoms with Crippen LogP contribution in [-0.4, -0.2) is 26.9 Å². The molecule has 0 saturated carbocycles. The highest BCUT2D eigenvalue weighted by Crippen LogP contribution is 2.21. The molecule has 4 nitrogen and oxygen atoms in total. The average molecular weight is 368 g/mol. The molecule has 0 fully saturated rings. The highest BCUT2D eigenvalue weighted by molar-refractivity contribution is 9.10. The first kappa shape index (κ1) is 16.2. The van der Waals surface area contributed by atoms with E-state index in [1.807, 2.05) is 0 Å². The minimum absolute atomic E-state index is 0.0705. The number of halogens is 3. The van der Waals surface area contributed by atoms with Crippen molar-refractivity contribution in [2.75, 3.05) is 6.54 Å². The molecule has 0 bridgehead atoms. The van der Waals surface area contributed by atoms with Crippen LogP contribution in [0.15, 0.2) is 29.1 Å². The predicted octanol–water partition coefficient (Wildman–Crippen LogP) is 2.74. The lowest BCUT2D eigenvalue weighted by atomic mass is 10.1. The molecule has 2 aromatic rings. The summed E-state index contributed by atoms with van der Waals surface area (Å²) < 4.78 is 29.6. The third kappa shape index (κ3) is 3.34. The number of hydrogen-bond donors (Lipinski definition) is 0. The van der Waals surface area contributed by atoms with E-state index >= 15 is 0 Å². The fourth-order valence-corrected chi connectivity index (χ4v) is 2.35. The van der Waals surface area contributed by atoms with Gasteiger partial charge >= 0.3 is 0 Å². The molecule has 0 N–H and O–H groups in total.